The zero-order valence-corrected chi connectivity index (χ0v) is 19.4. The minimum absolute atomic E-state index is 0.142. The highest BCUT2D eigenvalue weighted by Crippen LogP contribution is 2.30. The van der Waals surface area contributed by atoms with Crippen LogP contribution in [0.1, 0.15) is 35.2 Å². The van der Waals surface area contributed by atoms with Crippen LogP contribution in [0.2, 0.25) is 0 Å². The number of hydrogen-bond acceptors (Lipinski definition) is 5. The van der Waals surface area contributed by atoms with Crippen LogP contribution in [0, 0.1) is 12.7 Å². The lowest BCUT2D eigenvalue weighted by Crippen LogP contribution is -2.35. The SMILES string of the molecule is CCc1nc(N2CCCN(C(=O)c3cccc(F)c3)CC2)c2c(C)nn(-c3ccccc3)c2n1. The normalized spacial score (nSPS) is 14.4. The summed E-state index contributed by atoms with van der Waals surface area (Å²) < 4.78 is 15.5. The van der Waals surface area contributed by atoms with E-state index < -0.39 is 5.82 Å². The lowest BCUT2D eigenvalue weighted by atomic mass is 10.2. The molecular weight excluding hydrogens is 431 g/mol. The molecule has 2 aromatic heterocycles. The van der Waals surface area contributed by atoms with E-state index >= 15 is 0 Å². The van der Waals surface area contributed by atoms with Gasteiger partial charge in [-0.15, -0.1) is 0 Å². The maximum absolute atomic E-state index is 13.6. The monoisotopic (exact) mass is 458 g/mol. The zero-order chi connectivity index (χ0) is 23.7. The molecule has 0 radical (unpaired) electrons. The Morgan fingerprint density at radius 3 is 2.59 bits per heavy atom. The molecular formula is C26H27FN6O. The van der Waals surface area contributed by atoms with E-state index in [4.69, 9.17) is 15.1 Å². The number of aromatic nitrogens is 4. The minimum Gasteiger partial charge on any atom is -0.354 e. The van der Waals surface area contributed by atoms with Crippen molar-refractivity contribution in [3.63, 3.8) is 0 Å². The van der Waals surface area contributed by atoms with Gasteiger partial charge in [0.25, 0.3) is 5.91 Å². The summed E-state index contributed by atoms with van der Waals surface area (Å²) in [6.07, 6.45) is 1.50. The molecule has 0 unspecified atom stereocenters. The molecule has 3 heterocycles. The van der Waals surface area contributed by atoms with E-state index in [2.05, 4.69) is 4.90 Å². The van der Waals surface area contributed by atoms with Crippen LogP contribution in [-0.2, 0) is 6.42 Å². The van der Waals surface area contributed by atoms with Gasteiger partial charge in [0.15, 0.2) is 5.65 Å². The van der Waals surface area contributed by atoms with Gasteiger partial charge in [0, 0.05) is 38.2 Å². The molecule has 1 amide bonds. The van der Waals surface area contributed by atoms with Gasteiger partial charge in [-0.05, 0) is 43.7 Å². The molecule has 8 heteroatoms. The van der Waals surface area contributed by atoms with Crippen LogP contribution in [-0.4, -0.2) is 56.7 Å². The highest BCUT2D eigenvalue weighted by molar-refractivity contribution is 5.94. The van der Waals surface area contributed by atoms with Crippen LogP contribution in [0.25, 0.3) is 16.7 Å². The molecule has 0 bridgehead atoms. The molecule has 0 atom stereocenters. The summed E-state index contributed by atoms with van der Waals surface area (Å²) in [5, 5.41) is 5.73. The van der Waals surface area contributed by atoms with E-state index in [1.807, 2.05) is 48.9 Å². The van der Waals surface area contributed by atoms with Crippen molar-refractivity contribution in [2.45, 2.75) is 26.7 Å². The van der Waals surface area contributed by atoms with Crippen molar-refractivity contribution in [3.8, 4) is 5.69 Å². The topological polar surface area (TPSA) is 67.2 Å². The van der Waals surface area contributed by atoms with Gasteiger partial charge in [-0.1, -0.05) is 31.2 Å². The Morgan fingerprint density at radius 1 is 1.00 bits per heavy atom. The summed E-state index contributed by atoms with van der Waals surface area (Å²) in [6.45, 7) is 6.57. The number of halogens is 1. The lowest BCUT2D eigenvalue weighted by molar-refractivity contribution is 0.0766. The predicted octanol–water partition coefficient (Wildman–Crippen LogP) is 4.18. The van der Waals surface area contributed by atoms with E-state index in [1.54, 1.807) is 17.0 Å². The molecule has 0 N–H and O–H groups in total. The second-order valence-corrected chi connectivity index (χ2v) is 8.49. The highest BCUT2D eigenvalue weighted by Gasteiger charge is 2.25. The van der Waals surface area contributed by atoms with Crippen molar-refractivity contribution < 1.29 is 9.18 Å². The molecule has 1 fully saturated rings. The van der Waals surface area contributed by atoms with Gasteiger partial charge in [-0.3, -0.25) is 4.79 Å². The number of para-hydroxylation sites is 1. The number of rotatable bonds is 4. The molecule has 2 aromatic carbocycles. The number of nitrogens with zero attached hydrogens (tertiary/aromatic N) is 6. The van der Waals surface area contributed by atoms with Crippen molar-refractivity contribution in [2.24, 2.45) is 0 Å². The van der Waals surface area contributed by atoms with Crippen LogP contribution in [0.5, 0.6) is 0 Å². The number of fused-ring (bicyclic) bond motifs is 1. The smallest absolute Gasteiger partial charge is 0.254 e. The maximum Gasteiger partial charge on any atom is 0.254 e. The fraction of sp³-hybridized carbons (Fsp3) is 0.308. The third kappa shape index (κ3) is 4.11. The van der Waals surface area contributed by atoms with Crippen LogP contribution in [0.15, 0.2) is 54.6 Å². The molecule has 1 saturated heterocycles. The van der Waals surface area contributed by atoms with E-state index in [0.717, 1.165) is 47.0 Å². The van der Waals surface area contributed by atoms with Gasteiger partial charge in [-0.2, -0.15) is 5.10 Å². The number of carbonyl (C=O) groups is 1. The van der Waals surface area contributed by atoms with Gasteiger partial charge >= 0.3 is 0 Å². The first-order valence-electron chi connectivity index (χ1n) is 11.7. The maximum atomic E-state index is 13.6. The lowest BCUT2D eigenvalue weighted by Gasteiger charge is -2.24. The van der Waals surface area contributed by atoms with Crippen LogP contribution in [0.3, 0.4) is 0 Å². The number of hydrogen-bond donors (Lipinski definition) is 0. The summed E-state index contributed by atoms with van der Waals surface area (Å²) in [5.74, 6) is 1.08. The predicted molar refractivity (Wildman–Crippen MR) is 130 cm³/mol. The summed E-state index contributed by atoms with van der Waals surface area (Å²) in [5.41, 5.74) is 3.00. The van der Waals surface area contributed by atoms with E-state index in [1.165, 1.54) is 12.1 Å². The Morgan fingerprint density at radius 2 is 1.82 bits per heavy atom. The highest BCUT2D eigenvalue weighted by atomic mass is 19.1. The molecule has 0 aliphatic carbocycles. The zero-order valence-electron chi connectivity index (χ0n) is 19.4. The Labute approximate surface area is 197 Å². The summed E-state index contributed by atoms with van der Waals surface area (Å²) in [6, 6.07) is 15.9. The molecule has 0 saturated carbocycles. The van der Waals surface area contributed by atoms with Gasteiger partial charge in [0.1, 0.15) is 17.5 Å². The molecule has 34 heavy (non-hydrogen) atoms. The van der Waals surface area contributed by atoms with E-state index in [9.17, 15) is 9.18 Å². The third-order valence-electron chi connectivity index (χ3n) is 6.20. The molecule has 1 aliphatic rings. The number of amides is 1. The van der Waals surface area contributed by atoms with Crippen molar-refractivity contribution in [2.75, 3.05) is 31.1 Å². The molecule has 5 rings (SSSR count). The Balaban J connectivity index is 1.48. The van der Waals surface area contributed by atoms with Crippen LogP contribution >= 0.6 is 0 Å². The largest absolute Gasteiger partial charge is 0.354 e. The summed E-state index contributed by atoms with van der Waals surface area (Å²) >= 11 is 0. The minimum atomic E-state index is -0.399. The number of benzene rings is 2. The van der Waals surface area contributed by atoms with Crippen molar-refractivity contribution in [3.05, 3.63) is 77.5 Å². The van der Waals surface area contributed by atoms with Gasteiger partial charge in [0.05, 0.1) is 16.8 Å². The first-order valence-corrected chi connectivity index (χ1v) is 11.7. The average Bonchev–Trinajstić information content (AvgIpc) is 3.03. The average molecular weight is 459 g/mol. The summed E-state index contributed by atoms with van der Waals surface area (Å²) in [7, 11) is 0. The molecule has 7 nitrogen and oxygen atoms in total. The third-order valence-corrected chi connectivity index (χ3v) is 6.20. The van der Waals surface area contributed by atoms with Gasteiger partial charge < -0.3 is 9.80 Å². The molecule has 174 valence electrons. The summed E-state index contributed by atoms with van der Waals surface area (Å²) in [4.78, 5) is 26.7. The van der Waals surface area contributed by atoms with Crippen molar-refractivity contribution >= 4 is 22.8 Å². The standard InChI is InChI=1S/C26H27FN6O/c1-3-22-28-24(23-18(2)30-33(25(23)29-22)21-11-5-4-6-12-21)31-13-8-14-32(16-15-31)26(34)19-9-7-10-20(27)17-19/h4-7,9-12,17H,3,8,13-16H2,1-2H3. The fourth-order valence-electron chi connectivity index (χ4n) is 4.48. The quantitative estimate of drug-likeness (QED) is 0.459. The Bertz CT molecular complexity index is 1340. The van der Waals surface area contributed by atoms with Gasteiger partial charge in [-0.25, -0.2) is 19.0 Å². The van der Waals surface area contributed by atoms with Gasteiger partial charge in [0.2, 0.25) is 0 Å². The van der Waals surface area contributed by atoms with Crippen LogP contribution in [0.4, 0.5) is 10.2 Å². The number of aryl methyl sites for hydroxylation is 2. The first kappa shape index (κ1) is 22.0. The second-order valence-electron chi connectivity index (χ2n) is 8.49. The van der Waals surface area contributed by atoms with E-state index in [-0.39, 0.29) is 5.91 Å². The van der Waals surface area contributed by atoms with Crippen LogP contribution < -0.4 is 4.90 Å². The number of carbonyl (C=O) groups excluding carboxylic acids is 1. The Kier molecular flexibility index (Phi) is 5.96. The first-order chi connectivity index (χ1) is 16.5. The van der Waals surface area contributed by atoms with Crippen molar-refractivity contribution in [1.29, 1.82) is 0 Å². The Hall–Kier alpha value is -3.81. The van der Waals surface area contributed by atoms with E-state index in [0.29, 0.717) is 31.6 Å². The molecule has 1 aliphatic heterocycles. The van der Waals surface area contributed by atoms with Crippen molar-refractivity contribution in [1.82, 2.24) is 24.6 Å². The molecule has 0 spiro atoms. The number of anilines is 1. The molecule has 4 aromatic rings. The fourth-order valence-corrected chi connectivity index (χ4v) is 4.48. The second kappa shape index (κ2) is 9.21.